The second-order valence-corrected chi connectivity index (χ2v) is 5.85. The van der Waals surface area contributed by atoms with Gasteiger partial charge in [0.25, 0.3) is 0 Å². The Hall–Kier alpha value is -1.55. The highest BCUT2D eigenvalue weighted by Crippen LogP contribution is 2.41. The number of hydrogen-bond acceptors (Lipinski definition) is 4. The molecule has 0 bridgehead atoms. The largest absolute Gasteiger partial charge is 0.380 e. The van der Waals surface area contributed by atoms with Crippen molar-refractivity contribution >= 4 is 23.0 Å². The molecule has 0 spiro atoms. The number of rotatable bonds is 5. The van der Waals surface area contributed by atoms with E-state index >= 15 is 0 Å². The van der Waals surface area contributed by atoms with Crippen molar-refractivity contribution in [3.63, 3.8) is 0 Å². The van der Waals surface area contributed by atoms with Crippen molar-refractivity contribution in [2.75, 3.05) is 11.9 Å². The summed E-state index contributed by atoms with van der Waals surface area (Å²) in [6.07, 6.45) is 7.18. The molecular formula is C16H21N3S. The molecule has 1 aromatic rings. The first-order valence-electron chi connectivity index (χ1n) is 6.88. The molecule has 0 atom stereocenters. The molecule has 0 fully saturated rings. The molecule has 20 heavy (non-hydrogen) atoms. The molecule has 2 heterocycles. The Morgan fingerprint density at radius 1 is 1.50 bits per heavy atom. The zero-order valence-corrected chi connectivity index (χ0v) is 13.2. The van der Waals surface area contributed by atoms with E-state index in [1.54, 1.807) is 0 Å². The standard InChI is InChI=1S/C16H21N3S/c1-5-6-7-8-17-14-9-18-19-15-12(4)16(11(2)3)20-10-13(14)15/h6-7,9H,2,5,8,10H2,1,3-4H3,(H,17,19)/b7-6+. The van der Waals surface area contributed by atoms with Crippen LogP contribution in [0, 0.1) is 0 Å². The molecule has 0 aromatic carbocycles. The summed E-state index contributed by atoms with van der Waals surface area (Å²) in [7, 11) is 0. The third kappa shape index (κ3) is 3.12. The second-order valence-electron chi connectivity index (χ2n) is 4.87. The lowest BCUT2D eigenvalue weighted by molar-refractivity contribution is 0.982. The first kappa shape index (κ1) is 14.9. The van der Waals surface area contributed by atoms with Crippen molar-refractivity contribution in [1.29, 1.82) is 0 Å². The van der Waals surface area contributed by atoms with E-state index in [9.17, 15) is 0 Å². The summed E-state index contributed by atoms with van der Waals surface area (Å²) in [5.41, 5.74) is 5.63. The molecule has 1 aliphatic heterocycles. The number of fused-ring (bicyclic) bond motifs is 1. The minimum Gasteiger partial charge on any atom is -0.380 e. The minimum atomic E-state index is 0.826. The average molecular weight is 287 g/mol. The van der Waals surface area contributed by atoms with Gasteiger partial charge in [-0.15, -0.1) is 11.8 Å². The van der Waals surface area contributed by atoms with Crippen molar-refractivity contribution in [3.8, 4) is 0 Å². The smallest absolute Gasteiger partial charge is 0.0958 e. The van der Waals surface area contributed by atoms with E-state index in [2.05, 4.69) is 48.1 Å². The van der Waals surface area contributed by atoms with Gasteiger partial charge < -0.3 is 5.32 Å². The van der Waals surface area contributed by atoms with E-state index in [4.69, 9.17) is 0 Å². The van der Waals surface area contributed by atoms with Gasteiger partial charge in [0.1, 0.15) is 0 Å². The van der Waals surface area contributed by atoms with Gasteiger partial charge in [-0.05, 0) is 31.4 Å². The number of aromatic nitrogens is 2. The number of nitrogens with one attached hydrogen (secondary N) is 1. The van der Waals surface area contributed by atoms with Crippen LogP contribution >= 0.6 is 11.8 Å². The topological polar surface area (TPSA) is 37.8 Å². The first-order chi connectivity index (χ1) is 9.65. The molecule has 0 radical (unpaired) electrons. The van der Waals surface area contributed by atoms with Gasteiger partial charge in [-0.3, -0.25) is 0 Å². The van der Waals surface area contributed by atoms with Crippen molar-refractivity contribution in [2.24, 2.45) is 0 Å². The predicted molar refractivity (Wildman–Crippen MR) is 88.7 cm³/mol. The van der Waals surface area contributed by atoms with Crippen LogP contribution < -0.4 is 5.32 Å². The molecule has 0 unspecified atom stereocenters. The molecule has 1 aromatic heterocycles. The fraction of sp³-hybridized carbons (Fsp3) is 0.375. The summed E-state index contributed by atoms with van der Waals surface area (Å²) < 4.78 is 0. The Labute approximate surface area is 125 Å². The number of thioether (sulfide) groups is 1. The fourth-order valence-electron chi connectivity index (χ4n) is 2.23. The number of allylic oxidation sites excluding steroid dienone is 3. The molecule has 0 saturated carbocycles. The monoisotopic (exact) mass is 287 g/mol. The lowest BCUT2D eigenvalue weighted by atomic mass is 10.1. The Bertz CT molecular complexity index is 573. The first-order valence-corrected chi connectivity index (χ1v) is 7.87. The maximum Gasteiger partial charge on any atom is 0.0958 e. The van der Waals surface area contributed by atoms with Crippen LogP contribution in [0.5, 0.6) is 0 Å². The van der Waals surface area contributed by atoms with Gasteiger partial charge in [0, 0.05) is 22.8 Å². The SMILES string of the molecule is C=C(C)C1=C(C)c2nncc(NC/C=C/CC)c2CS1. The van der Waals surface area contributed by atoms with Crippen LogP contribution in [0.4, 0.5) is 5.69 Å². The van der Waals surface area contributed by atoms with Crippen molar-refractivity contribution in [2.45, 2.75) is 32.9 Å². The maximum absolute atomic E-state index is 4.32. The van der Waals surface area contributed by atoms with Crippen LogP contribution in [-0.4, -0.2) is 16.7 Å². The van der Waals surface area contributed by atoms with Crippen LogP contribution in [0.2, 0.25) is 0 Å². The molecule has 1 N–H and O–H groups in total. The molecule has 3 nitrogen and oxygen atoms in total. The number of hydrogen-bond donors (Lipinski definition) is 1. The van der Waals surface area contributed by atoms with Gasteiger partial charge in [0.15, 0.2) is 0 Å². The lowest BCUT2D eigenvalue weighted by Gasteiger charge is -2.22. The van der Waals surface area contributed by atoms with E-state index in [1.807, 2.05) is 24.9 Å². The molecule has 0 aliphatic carbocycles. The third-order valence-corrected chi connectivity index (χ3v) is 4.59. The third-order valence-electron chi connectivity index (χ3n) is 3.21. The molecule has 4 heteroatoms. The Kier molecular flexibility index (Phi) is 5.01. The van der Waals surface area contributed by atoms with Crippen LogP contribution in [-0.2, 0) is 5.75 Å². The van der Waals surface area contributed by atoms with E-state index in [1.165, 1.54) is 16.0 Å². The number of nitrogens with zero attached hydrogens (tertiary/aromatic N) is 2. The van der Waals surface area contributed by atoms with Gasteiger partial charge >= 0.3 is 0 Å². The summed E-state index contributed by atoms with van der Waals surface area (Å²) in [5, 5.41) is 11.9. The maximum atomic E-state index is 4.32. The highest BCUT2D eigenvalue weighted by molar-refractivity contribution is 8.02. The fourth-order valence-corrected chi connectivity index (χ4v) is 3.37. The van der Waals surface area contributed by atoms with Crippen LogP contribution in [0.1, 0.15) is 38.4 Å². The highest BCUT2D eigenvalue weighted by Gasteiger charge is 2.21. The van der Waals surface area contributed by atoms with E-state index < -0.39 is 0 Å². The van der Waals surface area contributed by atoms with E-state index in [0.717, 1.165) is 35.7 Å². The molecule has 106 valence electrons. The van der Waals surface area contributed by atoms with Crippen LogP contribution in [0.3, 0.4) is 0 Å². The summed E-state index contributed by atoms with van der Waals surface area (Å²) in [6, 6.07) is 0. The quantitative estimate of drug-likeness (QED) is 0.814. The zero-order chi connectivity index (χ0) is 14.5. The van der Waals surface area contributed by atoms with Crippen molar-refractivity contribution in [1.82, 2.24) is 10.2 Å². The van der Waals surface area contributed by atoms with Gasteiger partial charge in [0.2, 0.25) is 0 Å². The Morgan fingerprint density at radius 3 is 3.00 bits per heavy atom. The Balaban J connectivity index is 2.28. The lowest BCUT2D eigenvalue weighted by Crippen LogP contribution is -2.10. The summed E-state index contributed by atoms with van der Waals surface area (Å²) in [6.45, 7) is 11.1. The predicted octanol–water partition coefficient (Wildman–Crippen LogP) is 4.41. The second kappa shape index (κ2) is 6.75. The van der Waals surface area contributed by atoms with Crippen LogP contribution in [0.15, 0.2) is 35.4 Å². The molecule has 0 saturated heterocycles. The van der Waals surface area contributed by atoms with E-state index in [-0.39, 0.29) is 0 Å². The summed E-state index contributed by atoms with van der Waals surface area (Å²) in [4.78, 5) is 1.25. The number of anilines is 1. The average Bonchev–Trinajstić information content (AvgIpc) is 2.44. The summed E-state index contributed by atoms with van der Waals surface area (Å²) in [5.74, 6) is 0.921. The summed E-state index contributed by atoms with van der Waals surface area (Å²) >= 11 is 1.83. The van der Waals surface area contributed by atoms with Crippen molar-refractivity contribution < 1.29 is 0 Å². The van der Waals surface area contributed by atoms with Crippen LogP contribution in [0.25, 0.3) is 5.57 Å². The molecule has 0 amide bonds. The van der Waals surface area contributed by atoms with Gasteiger partial charge in [-0.25, -0.2) is 0 Å². The van der Waals surface area contributed by atoms with E-state index in [0.29, 0.717) is 0 Å². The molecular weight excluding hydrogens is 266 g/mol. The Morgan fingerprint density at radius 2 is 2.30 bits per heavy atom. The zero-order valence-electron chi connectivity index (χ0n) is 12.4. The van der Waals surface area contributed by atoms with Gasteiger partial charge in [-0.1, -0.05) is 25.7 Å². The normalized spacial score (nSPS) is 14.6. The van der Waals surface area contributed by atoms with Gasteiger partial charge in [0.05, 0.1) is 17.6 Å². The molecule has 2 rings (SSSR count). The highest BCUT2D eigenvalue weighted by atomic mass is 32.2. The van der Waals surface area contributed by atoms with Crippen molar-refractivity contribution in [3.05, 3.63) is 46.7 Å². The van der Waals surface area contributed by atoms with Gasteiger partial charge in [-0.2, -0.15) is 10.2 Å². The molecule has 1 aliphatic rings. The minimum absolute atomic E-state index is 0.826.